The Kier molecular flexibility index (Phi) is 3.89. The van der Waals surface area contributed by atoms with Crippen molar-refractivity contribution in [2.75, 3.05) is 25.5 Å². The van der Waals surface area contributed by atoms with Gasteiger partial charge in [0.2, 0.25) is 10.0 Å². The van der Waals surface area contributed by atoms with Crippen LogP contribution in [0.3, 0.4) is 0 Å². The Morgan fingerprint density at radius 3 is 2.84 bits per heavy atom. The van der Waals surface area contributed by atoms with Crippen LogP contribution in [0.15, 0.2) is 29.4 Å². The summed E-state index contributed by atoms with van der Waals surface area (Å²) in [5, 5.41) is 0. The second kappa shape index (κ2) is 5.97. The fourth-order valence-electron chi connectivity index (χ4n) is 3.03. The predicted molar refractivity (Wildman–Crippen MR) is 95.1 cm³/mol. The number of nitrogens with zero attached hydrogens (tertiary/aromatic N) is 6. The summed E-state index contributed by atoms with van der Waals surface area (Å²) in [5.41, 5.74) is 2.78. The van der Waals surface area contributed by atoms with E-state index in [9.17, 15) is 8.42 Å². The van der Waals surface area contributed by atoms with Crippen molar-refractivity contribution in [3.63, 3.8) is 0 Å². The molecule has 3 aromatic rings. The van der Waals surface area contributed by atoms with Gasteiger partial charge in [-0.25, -0.2) is 18.4 Å². The zero-order chi connectivity index (χ0) is 17.6. The molecule has 4 rings (SSSR count). The molecule has 0 amide bonds. The van der Waals surface area contributed by atoms with Crippen LogP contribution in [0.5, 0.6) is 0 Å². The van der Waals surface area contributed by atoms with E-state index in [1.807, 2.05) is 19.0 Å². The van der Waals surface area contributed by atoms with Gasteiger partial charge >= 0.3 is 0 Å². The van der Waals surface area contributed by atoms with Gasteiger partial charge in [0.15, 0.2) is 0 Å². The average Bonchev–Trinajstić information content (AvgIpc) is 3.09. The fraction of sp³-hybridized carbons (Fsp3) is 0.333. The number of benzene rings is 1. The third-order valence-corrected chi connectivity index (χ3v) is 6.66. The first-order valence-corrected chi connectivity index (χ1v) is 9.87. The summed E-state index contributed by atoms with van der Waals surface area (Å²) in [6.07, 6.45) is 2.06. The van der Waals surface area contributed by atoms with E-state index >= 15 is 0 Å². The molecule has 0 aliphatic carbocycles. The topological polar surface area (TPSA) is 92.2 Å². The number of sulfonamides is 1. The summed E-state index contributed by atoms with van der Waals surface area (Å²) in [6.45, 7) is 0.618. The Balaban J connectivity index is 1.74. The Hall–Kier alpha value is -2.17. The molecule has 8 nitrogen and oxygen atoms in total. The van der Waals surface area contributed by atoms with Gasteiger partial charge in [-0.2, -0.15) is 13.1 Å². The quantitative estimate of drug-likeness (QED) is 0.680. The van der Waals surface area contributed by atoms with Gasteiger partial charge in [-0.3, -0.25) is 0 Å². The van der Waals surface area contributed by atoms with Crippen molar-refractivity contribution in [3.05, 3.63) is 35.8 Å². The van der Waals surface area contributed by atoms with Crippen molar-refractivity contribution in [1.29, 1.82) is 0 Å². The molecule has 2 aromatic heterocycles. The minimum absolute atomic E-state index is 0.198. The maximum absolute atomic E-state index is 13.1. The van der Waals surface area contributed by atoms with Gasteiger partial charge in [0, 0.05) is 26.2 Å². The molecule has 0 unspecified atom stereocenters. The summed E-state index contributed by atoms with van der Waals surface area (Å²) in [6, 6.07) is 5.04. The molecule has 1 aliphatic rings. The molecule has 0 saturated carbocycles. The molecule has 0 atom stereocenters. The summed E-state index contributed by atoms with van der Waals surface area (Å²) in [4.78, 5) is 10.7. The molecule has 25 heavy (non-hydrogen) atoms. The molecular weight excluding hydrogens is 360 g/mol. The van der Waals surface area contributed by atoms with Crippen LogP contribution >= 0.6 is 11.7 Å². The van der Waals surface area contributed by atoms with Crippen LogP contribution < -0.4 is 4.90 Å². The van der Waals surface area contributed by atoms with Crippen molar-refractivity contribution in [3.8, 4) is 0 Å². The Bertz CT molecular complexity index is 1050. The predicted octanol–water partition coefficient (Wildman–Crippen LogP) is 1.29. The maximum atomic E-state index is 13.1. The SMILES string of the molecule is CN(C)c1ncnc2c1CCN(S(=O)(=O)c1cccc3nsnc13)C2. The van der Waals surface area contributed by atoms with Gasteiger partial charge in [-0.15, -0.1) is 0 Å². The monoisotopic (exact) mass is 376 g/mol. The van der Waals surface area contributed by atoms with Crippen molar-refractivity contribution >= 4 is 38.6 Å². The van der Waals surface area contributed by atoms with Crippen molar-refractivity contribution < 1.29 is 8.42 Å². The van der Waals surface area contributed by atoms with Gasteiger partial charge in [0.05, 0.1) is 24.0 Å². The first kappa shape index (κ1) is 16.3. The lowest BCUT2D eigenvalue weighted by Crippen LogP contribution is -2.37. The number of rotatable bonds is 3. The van der Waals surface area contributed by atoms with E-state index in [0.717, 1.165) is 28.8 Å². The van der Waals surface area contributed by atoms with Gasteiger partial charge < -0.3 is 4.90 Å². The van der Waals surface area contributed by atoms with Crippen molar-refractivity contribution in [2.24, 2.45) is 0 Å². The minimum Gasteiger partial charge on any atom is -0.362 e. The molecule has 0 fully saturated rings. The van der Waals surface area contributed by atoms with Crippen LogP contribution in [-0.4, -0.2) is 52.1 Å². The number of aromatic nitrogens is 4. The van der Waals surface area contributed by atoms with Crippen LogP contribution in [0.25, 0.3) is 11.0 Å². The van der Waals surface area contributed by atoms with Crippen LogP contribution in [-0.2, 0) is 23.0 Å². The van der Waals surface area contributed by atoms with Crippen molar-refractivity contribution in [2.45, 2.75) is 17.9 Å². The van der Waals surface area contributed by atoms with Crippen LogP contribution in [0.4, 0.5) is 5.82 Å². The number of anilines is 1. The Labute approximate surface area is 149 Å². The van der Waals surface area contributed by atoms with E-state index in [2.05, 4.69) is 18.7 Å². The third kappa shape index (κ3) is 2.66. The highest BCUT2D eigenvalue weighted by Gasteiger charge is 2.32. The summed E-state index contributed by atoms with van der Waals surface area (Å²) >= 11 is 1.01. The fourth-order valence-corrected chi connectivity index (χ4v) is 5.19. The normalized spacial score (nSPS) is 15.3. The zero-order valence-electron chi connectivity index (χ0n) is 13.7. The lowest BCUT2D eigenvalue weighted by atomic mass is 10.1. The van der Waals surface area contributed by atoms with Gasteiger partial charge in [0.1, 0.15) is 28.1 Å². The lowest BCUT2D eigenvalue weighted by molar-refractivity contribution is 0.385. The highest BCUT2D eigenvalue weighted by molar-refractivity contribution is 7.89. The minimum atomic E-state index is -3.67. The number of fused-ring (bicyclic) bond motifs is 2. The first-order chi connectivity index (χ1) is 12.0. The van der Waals surface area contributed by atoms with Gasteiger partial charge in [-0.1, -0.05) is 6.07 Å². The first-order valence-electron chi connectivity index (χ1n) is 7.70. The van der Waals surface area contributed by atoms with Gasteiger partial charge in [0.25, 0.3) is 0 Å². The zero-order valence-corrected chi connectivity index (χ0v) is 15.4. The maximum Gasteiger partial charge on any atom is 0.245 e. The standard InChI is InChI=1S/C15H16N6O2S2/c1-20(2)15-10-6-7-21(8-12(10)16-9-17-15)25(22,23)13-5-3-4-11-14(13)19-24-18-11/h3-5,9H,6-8H2,1-2H3. The Morgan fingerprint density at radius 2 is 2.04 bits per heavy atom. The summed E-state index contributed by atoms with van der Waals surface area (Å²) in [5.74, 6) is 0.841. The Morgan fingerprint density at radius 1 is 1.20 bits per heavy atom. The van der Waals surface area contributed by atoms with Crippen LogP contribution in [0.2, 0.25) is 0 Å². The lowest BCUT2D eigenvalue weighted by Gasteiger charge is -2.29. The molecule has 0 N–H and O–H groups in total. The second-order valence-corrected chi connectivity index (χ2v) is 8.43. The van der Waals surface area contributed by atoms with Crippen LogP contribution in [0.1, 0.15) is 11.3 Å². The molecule has 0 spiro atoms. The van der Waals surface area contributed by atoms with Gasteiger partial charge in [-0.05, 0) is 18.6 Å². The van der Waals surface area contributed by atoms with E-state index < -0.39 is 10.0 Å². The molecule has 1 aromatic carbocycles. The summed E-state index contributed by atoms with van der Waals surface area (Å²) in [7, 11) is 0.166. The summed E-state index contributed by atoms with van der Waals surface area (Å²) < 4.78 is 36.0. The molecule has 10 heteroatoms. The van der Waals surface area contributed by atoms with Crippen molar-refractivity contribution in [1.82, 2.24) is 23.0 Å². The molecule has 0 bridgehead atoms. The molecule has 1 aliphatic heterocycles. The molecule has 130 valence electrons. The number of hydrogen-bond acceptors (Lipinski definition) is 8. The molecular formula is C15H16N6O2S2. The molecule has 3 heterocycles. The van der Waals surface area contributed by atoms with E-state index in [0.29, 0.717) is 24.0 Å². The number of hydrogen-bond donors (Lipinski definition) is 0. The molecule has 0 saturated heterocycles. The highest BCUT2D eigenvalue weighted by Crippen LogP contribution is 2.30. The third-order valence-electron chi connectivity index (χ3n) is 4.24. The van der Waals surface area contributed by atoms with E-state index in [1.54, 1.807) is 18.2 Å². The van der Waals surface area contributed by atoms with E-state index in [1.165, 1.54) is 10.6 Å². The van der Waals surface area contributed by atoms with E-state index in [-0.39, 0.29) is 11.4 Å². The molecule has 0 radical (unpaired) electrons. The highest BCUT2D eigenvalue weighted by atomic mass is 32.2. The largest absolute Gasteiger partial charge is 0.362 e. The average molecular weight is 376 g/mol. The van der Waals surface area contributed by atoms with E-state index in [4.69, 9.17) is 0 Å². The van der Waals surface area contributed by atoms with Crippen LogP contribution in [0, 0.1) is 0 Å². The smallest absolute Gasteiger partial charge is 0.245 e. The second-order valence-electron chi connectivity index (χ2n) is 5.99.